The minimum atomic E-state index is 0.0590. The number of carbonyl (C=O) groups is 1. The van der Waals surface area contributed by atoms with E-state index in [0.717, 1.165) is 49.9 Å². The first kappa shape index (κ1) is 15.8. The van der Waals surface area contributed by atoms with E-state index in [-0.39, 0.29) is 23.8 Å². The SMILES string of the molecule is Cc1ccc(N2CC[C@H]3OCC[C@@H](C(=O)NCC4CC4)[C@H]3C2)nn1. The molecular weight excluding hydrogens is 304 g/mol. The van der Waals surface area contributed by atoms with Gasteiger partial charge in [0.25, 0.3) is 0 Å². The molecule has 1 aromatic heterocycles. The molecular formula is C18H26N4O2. The molecule has 2 aliphatic heterocycles. The maximum absolute atomic E-state index is 12.7. The summed E-state index contributed by atoms with van der Waals surface area (Å²) in [6, 6.07) is 4.01. The number of amides is 1. The van der Waals surface area contributed by atoms with Gasteiger partial charge in [-0.3, -0.25) is 4.79 Å². The molecule has 1 aromatic rings. The number of hydrogen-bond acceptors (Lipinski definition) is 5. The van der Waals surface area contributed by atoms with E-state index in [4.69, 9.17) is 4.74 Å². The third-order valence-electron chi connectivity index (χ3n) is 5.58. The molecule has 6 heteroatoms. The lowest BCUT2D eigenvalue weighted by Gasteiger charge is -2.44. The van der Waals surface area contributed by atoms with Crippen LogP contribution in [-0.2, 0) is 9.53 Å². The van der Waals surface area contributed by atoms with Crippen LogP contribution in [0.5, 0.6) is 0 Å². The van der Waals surface area contributed by atoms with Gasteiger partial charge in [-0.05, 0) is 50.7 Å². The first-order valence-corrected chi connectivity index (χ1v) is 9.15. The van der Waals surface area contributed by atoms with E-state index in [9.17, 15) is 4.79 Å². The van der Waals surface area contributed by atoms with Crippen molar-refractivity contribution in [2.45, 2.75) is 38.7 Å². The van der Waals surface area contributed by atoms with Crippen molar-refractivity contribution in [3.8, 4) is 0 Å². The molecule has 3 atom stereocenters. The van der Waals surface area contributed by atoms with E-state index >= 15 is 0 Å². The molecule has 24 heavy (non-hydrogen) atoms. The number of aryl methyl sites for hydroxylation is 1. The number of piperidine rings is 1. The molecule has 0 unspecified atom stereocenters. The van der Waals surface area contributed by atoms with Crippen LogP contribution >= 0.6 is 0 Å². The van der Waals surface area contributed by atoms with Gasteiger partial charge in [-0.1, -0.05) is 0 Å². The molecule has 1 aliphatic carbocycles. The Bertz CT molecular complexity index is 587. The normalized spacial score (nSPS) is 29.9. The van der Waals surface area contributed by atoms with Gasteiger partial charge < -0.3 is 15.0 Å². The molecule has 0 bridgehead atoms. The number of fused-ring (bicyclic) bond motifs is 1. The fraction of sp³-hybridized carbons (Fsp3) is 0.722. The Labute approximate surface area is 143 Å². The van der Waals surface area contributed by atoms with Crippen LogP contribution in [0.2, 0.25) is 0 Å². The van der Waals surface area contributed by atoms with Crippen molar-refractivity contribution in [2.24, 2.45) is 17.8 Å². The largest absolute Gasteiger partial charge is 0.378 e. The molecule has 130 valence electrons. The van der Waals surface area contributed by atoms with Crippen molar-refractivity contribution in [3.05, 3.63) is 17.8 Å². The zero-order valence-electron chi connectivity index (χ0n) is 14.3. The molecule has 3 heterocycles. The molecule has 1 saturated carbocycles. The Morgan fingerprint density at radius 2 is 2.17 bits per heavy atom. The van der Waals surface area contributed by atoms with Crippen LogP contribution in [0.4, 0.5) is 5.82 Å². The Balaban J connectivity index is 1.44. The quantitative estimate of drug-likeness (QED) is 0.907. The van der Waals surface area contributed by atoms with Crippen molar-refractivity contribution < 1.29 is 9.53 Å². The summed E-state index contributed by atoms with van der Waals surface area (Å²) in [5.41, 5.74) is 0.923. The molecule has 2 saturated heterocycles. The number of nitrogens with zero attached hydrogens (tertiary/aromatic N) is 3. The number of nitrogens with one attached hydrogen (secondary N) is 1. The average molecular weight is 330 g/mol. The van der Waals surface area contributed by atoms with Gasteiger partial charge in [0.1, 0.15) is 0 Å². The van der Waals surface area contributed by atoms with Gasteiger partial charge in [-0.2, -0.15) is 5.10 Å². The highest BCUT2D eigenvalue weighted by Gasteiger charge is 2.42. The lowest BCUT2D eigenvalue weighted by atomic mass is 9.79. The fourth-order valence-corrected chi connectivity index (χ4v) is 3.91. The van der Waals surface area contributed by atoms with Gasteiger partial charge in [0.05, 0.1) is 11.8 Å². The van der Waals surface area contributed by atoms with Crippen molar-refractivity contribution in [1.29, 1.82) is 0 Å². The van der Waals surface area contributed by atoms with Crippen molar-refractivity contribution in [3.63, 3.8) is 0 Å². The zero-order chi connectivity index (χ0) is 16.5. The number of carbonyl (C=O) groups excluding carboxylic acids is 1. The lowest BCUT2D eigenvalue weighted by Crippen LogP contribution is -2.53. The minimum Gasteiger partial charge on any atom is -0.378 e. The summed E-state index contributed by atoms with van der Waals surface area (Å²) in [4.78, 5) is 14.9. The van der Waals surface area contributed by atoms with E-state index in [1.165, 1.54) is 12.8 Å². The second kappa shape index (κ2) is 6.67. The first-order valence-electron chi connectivity index (χ1n) is 9.15. The van der Waals surface area contributed by atoms with E-state index in [0.29, 0.717) is 6.61 Å². The van der Waals surface area contributed by atoms with Crippen molar-refractivity contribution in [1.82, 2.24) is 15.5 Å². The molecule has 4 rings (SSSR count). The van der Waals surface area contributed by atoms with Crippen LogP contribution in [0.15, 0.2) is 12.1 Å². The molecule has 3 fully saturated rings. The molecule has 1 N–H and O–H groups in total. The highest BCUT2D eigenvalue weighted by atomic mass is 16.5. The van der Waals surface area contributed by atoms with Crippen LogP contribution in [-0.4, -0.2) is 48.4 Å². The molecule has 0 spiro atoms. The minimum absolute atomic E-state index is 0.0590. The van der Waals surface area contributed by atoms with Gasteiger partial charge in [0.15, 0.2) is 5.82 Å². The van der Waals surface area contributed by atoms with E-state index in [1.54, 1.807) is 0 Å². The second-order valence-corrected chi connectivity index (χ2v) is 7.42. The predicted molar refractivity (Wildman–Crippen MR) is 90.7 cm³/mol. The van der Waals surface area contributed by atoms with Gasteiger partial charge in [0, 0.05) is 38.1 Å². The topological polar surface area (TPSA) is 67.3 Å². The third kappa shape index (κ3) is 3.38. The molecule has 0 radical (unpaired) electrons. The lowest BCUT2D eigenvalue weighted by molar-refractivity contribution is -0.137. The molecule has 0 aromatic carbocycles. The first-order chi connectivity index (χ1) is 11.7. The number of rotatable bonds is 4. The third-order valence-corrected chi connectivity index (χ3v) is 5.58. The van der Waals surface area contributed by atoms with Gasteiger partial charge in [0.2, 0.25) is 5.91 Å². The number of anilines is 1. The van der Waals surface area contributed by atoms with Crippen LogP contribution in [0.1, 0.15) is 31.4 Å². The summed E-state index contributed by atoms with van der Waals surface area (Å²) in [5, 5.41) is 11.6. The zero-order valence-corrected chi connectivity index (χ0v) is 14.3. The Morgan fingerprint density at radius 3 is 2.92 bits per heavy atom. The standard InChI is InChI=1S/C18H26N4O2/c1-12-2-5-17(21-20-12)22-8-6-16-15(11-22)14(7-9-24-16)18(23)19-10-13-3-4-13/h2,5,13-16H,3-4,6-11H2,1H3,(H,19,23)/t14-,15-,16-/m1/s1. The summed E-state index contributed by atoms with van der Waals surface area (Å²) in [6.07, 6.45) is 4.50. The average Bonchev–Trinajstić information content (AvgIpc) is 3.44. The van der Waals surface area contributed by atoms with Crippen LogP contribution in [0.3, 0.4) is 0 Å². The highest BCUT2D eigenvalue weighted by molar-refractivity contribution is 5.79. The van der Waals surface area contributed by atoms with Gasteiger partial charge >= 0.3 is 0 Å². The van der Waals surface area contributed by atoms with Crippen LogP contribution < -0.4 is 10.2 Å². The van der Waals surface area contributed by atoms with E-state index in [1.807, 2.05) is 19.1 Å². The van der Waals surface area contributed by atoms with Crippen molar-refractivity contribution in [2.75, 3.05) is 31.1 Å². The monoisotopic (exact) mass is 330 g/mol. The Hall–Kier alpha value is -1.69. The maximum Gasteiger partial charge on any atom is 0.223 e. The number of ether oxygens (including phenoxy) is 1. The van der Waals surface area contributed by atoms with Gasteiger partial charge in [-0.15, -0.1) is 5.10 Å². The Kier molecular flexibility index (Phi) is 4.39. The van der Waals surface area contributed by atoms with Crippen LogP contribution in [0.25, 0.3) is 0 Å². The summed E-state index contributed by atoms with van der Waals surface area (Å²) in [7, 11) is 0. The van der Waals surface area contributed by atoms with Gasteiger partial charge in [-0.25, -0.2) is 0 Å². The molecule has 6 nitrogen and oxygen atoms in total. The summed E-state index contributed by atoms with van der Waals surface area (Å²) < 4.78 is 5.96. The number of hydrogen-bond donors (Lipinski definition) is 1. The van der Waals surface area contributed by atoms with E-state index < -0.39 is 0 Å². The van der Waals surface area contributed by atoms with Crippen molar-refractivity contribution >= 4 is 11.7 Å². The molecule has 3 aliphatic rings. The fourth-order valence-electron chi connectivity index (χ4n) is 3.91. The smallest absolute Gasteiger partial charge is 0.223 e. The van der Waals surface area contributed by atoms with E-state index in [2.05, 4.69) is 20.4 Å². The highest BCUT2D eigenvalue weighted by Crippen LogP contribution is 2.35. The predicted octanol–water partition coefficient (Wildman–Crippen LogP) is 1.54. The van der Waals surface area contributed by atoms with Crippen LogP contribution in [0, 0.1) is 24.7 Å². The maximum atomic E-state index is 12.7. The second-order valence-electron chi connectivity index (χ2n) is 7.42. The Morgan fingerprint density at radius 1 is 1.29 bits per heavy atom. The summed E-state index contributed by atoms with van der Waals surface area (Å²) in [6.45, 7) is 5.23. The summed E-state index contributed by atoms with van der Waals surface area (Å²) in [5.74, 6) is 2.15. The summed E-state index contributed by atoms with van der Waals surface area (Å²) >= 11 is 0. The number of aromatic nitrogens is 2. The molecule has 1 amide bonds.